The molecule has 1 unspecified atom stereocenters. The van der Waals surface area contributed by atoms with E-state index in [0.29, 0.717) is 17.6 Å². The first-order valence-electron chi connectivity index (χ1n) is 7.17. The number of nitrogens with zero attached hydrogens (tertiary/aromatic N) is 3. The molecule has 0 bridgehead atoms. The first kappa shape index (κ1) is 13.0. The fourth-order valence-corrected chi connectivity index (χ4v) is 2.99. The van der Waals surface area contributed by atoms with Crippen molar-refractivity contribution in [2.75, 3.05) is 4.90 Å². The largest absolute Gasteiger partial charge is 0.343 e. The van der Waals surface area contributed by atoms with E-state index in [2.05, 4.69) is 4.98 Å². The molecule has 0 saturated heterocycles. The van der Waals surface area contributed by atoms with Gasteiger partial charge >= 0.3 is 0 Å². The van der Waals surface area contributed by atoms with E-state index in [1.165, 1.54) is 12.1 Å². The third-order valence-electron chi connectivity index (χ3n) is 4.18. The quantitative estimate of drug-likeness (QED) is 0.692. The molecule has 0 fully saturated rings. The first-order chi connectivity index (χ1) is 10.6. The van der Waals surface area contributed by atoms with E-state index < -0.39 is 0 Å². The van der Waals surface area contributed by atoms with Gasteiger partial charge in [-0.1, -0.05) is 12.1 Å². The second-order valence-corrected chi connectivity index (χ2v) is 5.48. The molecule has 2 heterocycles. The maximum atomic E-state index is 13.1. The highest BCUT2D eigenvalue weighted by molar-refractivity contribution is 5.77. The summed E-state index contributed by atoms with van der Waals surface area (Å²) in [4.78, 5) is 19.3. The molecular weight excluding hydrogens is 281 g/mol. The summed E-state index contributed by atoms with van der Waals surface area (Å²) in [6, 6.07) is 13.6. The molecule has 1 aromatic heterocycles. The highest BCUT2D eigenvalue weighted by Crippen LogP contribution is 2.31. The summed E-state index contributed by atoms with van der Waals surface area (Å²) in [5.41, 5.74) is 1.56. The van der Waals surface area contributed by atoms with Crippen molar-refractivity contribution in [3.05, 3.63) is 70.5 Å². The summed E-state index contributed by atoms with van der Waals surface area (Å²) in [6.07, 6.45) is 0. The molecule has 0 spiro atoms. The van der Waals surface area contributed by atoms with Gasteiger partial charge in [0.1, 0.15) is 18.3 Å². The van der Waals surface area contributed by atoms with Crippen molar-refractivity contribution in [2.24, 2.45) is 0 Å². The monoisotopic (exact) mass is 295 g/mol. The lowest BCUT2D eigenvalue weighted by Gasteiger charge is -2.22. The summed E-state index contributed by atoms with van der Waals surface area (Å²) in [6.45, 7) is 2.43. The minimum atomic E-state index is -0.269. The topological polar surface area (TPSA) is 38.1 Å². The minimum absolute atomic E-state index is 0.0305. The van der Waals surface area contributed by atoms with Crippen molar-refractivity contribution in [2.45, 2.75) is 19.6 Å². The Balaban J connectivity index is 1.86. The van der Waals surface area contributed by atoms with Crippen LogP contribution in [0.15, 0.2) is 53.3 Å². The molecule has 1 aliphatic heterocycles. The lowest BCUT2D eigenvalue weighted by atomic mass is 10.2. The van der Waals surface area contributed by atoms with Crippen molar-refractivity contribution < 1.29 is 4.39 Å². The fraction of sp³-hybridized carbons (Fsp3) is 0.176. The van der Waals surface area contributed by atoms with Crippen LogP contribution in [0.5, 0.6) is 0 Å². The van der Waals surface area contributed by atoms with Crippen LogP contribution in [-0.2, 0) is 6.67 Å². The van der Waals surface area contributed by atoms with Gasteiger partial charge in [0.2, 0.25) is 0 Å². The molecule has 0 radical (unpaired) electrons. The van der Waals surface area contributed by atoms with E-state index in [1.807, 2.05) is 30.0 Å². The number of rotatable bonds is 1. The smallest absolute Gasteiger partial charge is 0.262 e. The average Bonchev–Trinajstić information content (AvgIpc) is 2.86. The zero-order valence-corrected chi connectivity index (χ0v) is 12.0. The van der Waals surface area contributed by atoms with Crippen LogP contribution >= 0.6 is 0 Å². The van der Waals surface area contributed by atoms with Gasteiger partial charge in [0.25, 0.3) is 5.56 Å². The van der Waals surface area contributed by atoms with E-state index >= 15 is 0 Å². The van der Waals surface area contributed by atoms with Crippen molar-refractivity contribution in [3.63, 3.8) is 0 Å². The van der Waals surface area contributed by atoms with Crippen molar-refractivity contribution >= 4 is 16.6 Å². The van der Waals surface area contributed by atoms with Gasteiger partial charge in [-0.3, -0.25) is 9.36 Å². The van der Waals surface area contributed by atoms with Crippen molar-refractivity contribution in [1.82, 2.24) is 9.55 Å². The molecule has 0 aliphatic carbocycles. The Hall–Kier alpha value is -2.69. The second-order valence-electron chi connectivity index (χ2n) is 5.48. The molecule has 4 rings (SSSR count). The third-order valence-corrected chi connectivity index (χ3v) is 4.18. The Morgan fingerprint density at radius 1 is 1.14 bits per heavy atom. The SMILES string of the molecule is CC1c2nc3ccccc3c(=O)n2CN1c1ccc(F)cc1. The first-order valence-corrected chi connectivity index (χ1v) is 7.17. The number of fused-ring (bicyclic) bond motifs is 2. The van der Waals surface area contributed by atoms with Crippen LogP contribution in [0.4, 0.5) is 10.1 Å². The Labute approximate surface area is 126 Å². The number of para-hydroxylation sites is 1. The number of hydrogen-bond donors (Lipinski definition) is 0. The van der Waals surface area contributed by atoms with Gasteiger partial charge in [-0.25, -0.2) is 9.37 Å². The Morgan fingerprint density at radius 3 is 2.64 bits per heavy atom. The lowest BCUT2D eigenvalue weighted by Crippen LogP contribution is -2.24. The summed E-state index contributed by atoms with van der Waals surface area (Å²) in [5, 5.41) is 0.624. The zero-order valence-electron chi connectivity index (χ0n) is 12.0. The molecule has 0 amide bonds. The van der Waals surface area contributed by atoms with E-state index in [0.717, 1.165) is 11.5 Å². The molecule has 5 heteroatoms. The number of hydrogen-bond acceptors (Lipinski definition) is 3. The molecule has 3 aromatic rings. The molecule has 0 N–H and O–H groups in total. The summed E-state index contributed by atoms with van der Waals surface area (Å²) >= 11 is 0. The van der Waals surface area contributed by atoms with E-state index in [9.17, 15) is 9.18 Å². The molecule has 1 aliphatic rings. The van der Waals surface area contributed by atoms with Gasteiger partial charge in [0.15, 0.2) is 0 Å². The maximum absolute atomic E-state index is 13.1. The normalized spacial score (nSPS) is 17.0. The number of anilines is 1. The van der Waals surface area contributed by atoms with Gasteiger partial charge in [0, 0.05) is 5.69 Å². The van der Waals surface area contributed by atoms with Crippen LogP contribution in [-0.4, -0.2) is 9.55 Å². The molecule has 2 aromatic carbocycles. The van der Waals surface area contributed by atoms with Crippen LogP contribution in [0, 0.1) is 5.82 Å². The predicted octanol–water partition coefficient (Wildman–Crippen LogP) is 3.07. The van der Waals surface area contributed by atoms with E-state index in [4.69, 9.17) is 0 Å². The Bertz CT molecular complexity index is 917. The van der Waals surface area contributed by atoms with Crippen LogP contribution in [0.3, 0.4) is 0 Å². The van der Waals surface area contributed by atoms with Crippen LogP contribution in [0.25, 0.3) is 10.9 Å². The summed E-state index contributed by atoms with van der Waals surface area (Å²) in [7, 11) is 0. The standard InChI is InChI=1S/C17H14FN3O/c1-11-16-19-15-5-3-2-4-14(15)17(22)21(16)10-20(11)13-8-6-12(18)7-9-13/h2-9,11H,10H2,1H3. The molecule has 0 saturated carbocycles. The van der Waals surface area contributed by atoms with Crippen LogP contribution < -0.4 is 10.5 Å². The van der Waals surface area contributed by atoms with Crippen LogP contribution in [0.2, 0.25) is 0 Å². The molecule has 1 atom stereocenters. The molecular formula is C17H14FN3O. The lowest BCUT2D eigenvalue weighted by molar-refractivity contribution is 0.625. The van der Waals surface area contributed by atoms with E-state index in [1.54, 1.807) is 22.8 Å². The molecule has 22 heavy (non-hydrogen) atoms. The summed E-state index contributed by atoms with van der Waals surface area (Å²) in [5.74, 6) is 0.474. The highest BCUT2D eigenvalue weighted by Gasteiger charge is 2.29. The van der Waals surface area contributed by atoms with Crippen molar-refractivity contribution in [1.29, 1.82) is 0 Å². The highest BCUT2D eigenvalue weighted by atomic mass is 19.1. The van der Waals surface area contributed by atoms with Gasteiger partial charge in [-0.15, -0.1) is 0 Å². The average molecular weight is 295 g/mol. The Morgan fingerprint density at radius 2 is 1.86 bits per heavy atom. The summed E-state index contributed by atoms with van der Waals surface area (Å²) < 4.78 is 14.8. The zero-order chi connectivity index (χ0) is 15.3. The fourth-order valence-electron chi connectivity index (χ4n) is 2.99. The maximum Gasteiger partial charge on any atom is 0.262 e. The van der Waals surface area contributed by atoms with Gasteiger partial charge in [-0.05, 0) is 43.3 Å². The van der Waals surface area contributed by atoms with Crippen molar-refractivity contribution in [3.8, 4) is 0 Å². The molecule has 110 valence electrons. The predicted molar refractivity (Wildman–Crippen MR) is 83.3 cm³/mol. The second kappa shape index (κ2) is 4.66. The van der Waals surface area contributed by atoms with Gasteiger partial charge < -0.3 is 4.90 Å². The van der Waals surface area contributed by atoms with Gasteiger partial charge in [0.05, 0.1) is 16.9 Å². The number of aromatic nitrogens is 2. The minimum Gasteiger partial charge on any atom is -0.343 e. The third kappa shape index (κ3) is 1.82. The number of halogens is 1. The van der Waals surface area contributed by atoms with E-state index in [-0.39, 0.29) is 17.4 Å². The van der Waals surface area contributed by atoms with Crippen LogP contribution in [0.1, 0.15) is 18.8 Å². The Kier molecular flexibility index (Phi) is 2.76. The number of benzene rings is 2. The molecule has 4 nitrogen and oxygen atoms in total. The van der Waals surface area contributed by atoms with Gasteiger partial charge in [-0.2, -0.15) is 0 Å².